The number of amides is 1. The van der Waals surface area contributed by atoms with E-state index in [9.17, 15) is 4.79 Å². The van der Waals surface area contributed by atoms with Crippen molar-refractivity contribution >= 4 is 22.9 Å². The third kappa shape index (κ3) is 3.39. The van der Waals surface area contributed by atoms with Gasteiger partial charge in [-0.05, 0) is 18.6 Å². The summed E-state index contributed by atoms with van der Waals surface area (Å²) < 4.78 is 5.18. The molecule has 0 atom stereocenters. The van der Waals surface area contributed by atoms with Crippen LogP contribution >= 0.6 is 11.3 Å². The summed E-state index contributed by atoms with van der Waals surface area (Å²) in [6.45, 7) is 8.02. The fourth-order valence-corrected chi connectivity index (χ4v) is 2.82. The number of methoxy groups -OCH3 is 1. The summed E-state index contributed by atoms with van der Waals surface area (Å²) in [6, 6.07) is 1.83. The fraction of sp³-hybridized carbons (Fsp3) is 0.400. The number of carbonyl (C=O) groups excluding carboxylic acids is 1. The number of hydrogen-bond donors (Lipinski definition) is 1. The van der Waals surface area contributed by atoms with Crippen molar-refractivity contribution < 1.29 is 9.53 Å². The zero-order valence-corrected chi connectivity index (χ0v) is 13.7. The Morgan fingerprint density at radius 2 is 2.05 bits per heavy atom. The van der Waals surface area contributed by atoms with E-state index in [0.717, 1.165) is 11.3 Å². The molecule has 0 aliphatic heterocycles. The van der Waals surface area contributed by atoms with Gasteiger partial charge in [-0.1, -0.05) is 20.8 Å². The molecule has 2 heterocycles. The summed E-state index contributed by atoms with van der Waals surface area (Å²) in [5.41, 5.74) is 3.83. The Balaban J connectivity index is 2.31. The molecule has 6 heteroatoms. The molecule has 0 saturated carbocycles. The standard InChI is InChI=1S/C15H19N3O2S/c1-9-6-10(14(20-5)16-7-9)18-13(19)11-12(15(2,3)4)17-8-21-11/h6-8H,1-5H3,(H,18,19). The SMILES string of the molecule is COc1ncc(C)cc1NC(=O)c1scnc1C(C)(C)C. The highest BCUT2D eigenvalue weighted by molar-refractivity contribution is 7.12. The minimum atomic E-state index is -0.187. The van der Waals surface area contributed by atoms with Gasteiger partial charge in [-0.2, -0.15) is 0 Å². The van der Waals surface area contributed by atoms with Gasteiger partial charge >= 0.3 is 0 Å². The van der Waals surface area contributed by atoms with E-state index in [0.29, 0.717) is 16.4 Å². The third-order valence-electron chi connectivity index (χ3n) is 2.91. The molecular formula is C15H19N3O2S. The summed E-state index contributed by atoms with van der Waals surface area (Å²) in [6.07, 6.45) is 1.70. The number of pyridine rings is 1. The molecular weight excluding hydrogens is 286 g/mol. The molecule has 0 radical (unpaired) electrons. The third-order valence-corrected chi connectivity index (χ3v) is 3.74. The van der Waals surface area contributed by atoms with E-state index < -0.39 is 0 Å². The summed E-state index contributed by atoms with van der Waals surface area (Å²) in [5.74, 6) is 0.212. The molecule has 2 rings (SSSR count). The van der Waals surface area contributed by atoms with Crippen LogP contribution in [0.15, 0.2) is 17.8 Å². The molecule has 0 saturated heterocycles. The maximum Gasteiger partial charge on any atom is 0.267 e. The molecule has 21 heavy (non-hydrogen) atoms. The predicted molar refractivity (Wildman–Crippen MR) is 84.3 cm³/mol. The average Bonchev–Trinajstić information content (AvgIpc) is 2.88. The summed E-state index contributed by atoms with van der Waals surface area (Å²) in [7, 11) is 1.53. The van der Waals surface area contributed by atoms with E-state index in [-0.39, 0.29) is 11.3 Å². The molecule has 5 nitrogen and oxygen atoms in total. The van der Waals surface area contributed by atoms with Crippen LogP contribution in [0.4, 0.5) is 5.69 Å². The van der Waals surface area contributed by atoms with Crippen LogP contribution in [0, 0.1) is 6.92 Å². The average molecular weight is 305 g/mol. The van der Waals surface area contributed by atoms with Gasteiger partial charge in [-0.3, -0.25) is 4.79 Å². The fourth-order valence-electron chi connectivity index (χ4n) is 1.93. The molecule has 0 aliphatic rings. The maximum absolute atomic E-state index is 12.5. The second-order valence-corrected chi connectivity index (χ2v) is 6.66. The molecule has 0 aromatic carbocycles. The van der Waals surface area contributed by atoms with Gasteiger partial charge in [0.15, 0.2) is 0 Å². The van der Waals surface area contributed by atoms with Crippen molar-refractivity contribution in [3.63, 3.8) is 0 Å². The molecule has 0 fully saturated rings. The minimum Gasteiger partial charge on any atom is -0.480 e. The largest absolute Gasteiger partial charge is 0.480 e. The highest BCUT2D eigenvalue weighted by Gasteiger charge is 2.25. The van der Waals surface area contributed by atoms with E-state index in [1.165, 1.54) is 18.4 Å². The van der Waals surface area contributed by atoms with Gasteiger partial charge in [0.05, 0.1) is 18.3 Å². The zero-order chi connectivity index (χ0) is 15.6. The van der Waals surface area contributed by atoms with Gasteiger partial charge in [0, 0.05) is 11.6 Å². The van der Waals surface area contributed by atoms with Gasteiger partial charge in [0.2, 0.25) is 5.88 Å². The highest BCUT2D eigenvalue weighted by Crippen LogP contribution is 2.29. The zero-order valence-electron chi connectivity index (χ0n) is 12.9. The van der Waals surface area contributed by atoms with Gasteiger partial charge in [-0.25, -0.2) is 9.97 Å². The number of carbonyl (C=O) groups is 1. The number of nitrogens with one attached hydrogen (secondary N) is 1. The number of aryl methyl sites for hydroxylation is 1. The van der Waals surface area contributed by atoms with Crippen LogP contribution in [-0.2, 0) is 5.41 Å². The first kappa shape index (κ1) is 15.4. The Morgan fingerprint density at radius 1 is 1.33 bits per heavy atom. The monoisotopic (exact) mass is 305 g/mol. The van der Waals surface area contributed by atoms with Crippen LogP contribution in [0.25, 0.3) is 0 Å². The van der Waals surface area contributed by atoms with Gasteiger partial charge in [-0.15, -0.1) is 11.3 Å². The van der Waals surface area contributed by atoms with Gasteiger partial charge in [0.1, 0.15) is 10.6 Å². The normalized spacial score (nSPS) is 11.3. The molecule has 0 aliphatic carbocycles. The lowest BCUT2D eigenvalue weighted by Gasteiger charge is -2.17. The van der Waals surface area contributed by atoms with Crippen molar-refractivity contribution in [1.29, 1.82) is 0 Å². The Morgan fingerprint density at radius 3 is 2.67 bits per heavy atom. The molecule has 1 N–H and O–H groups in total. The Kier molecular flexibility index (Phi) is 4.27. The highest BCUT2D eigenvalue weighted by atomic mass is 32.1. The Labute approximate surface area is 128 Å². The first-order valence-electron chi connectivity index (χ1n) is 6.59. The quantitative estimate of drug-likeness (QED) is 0.944. The lowest BCUT2D eigenvalue weighted by Crippen LogP contribution is -2.20. The van der Waals surface area contributed by atoms with Crippen molar-refractivity contribution in [1.82, 2.24) is 9.97 Å². The molecule has 0 spiro atoms. The minimum absolute atomic E-state index is 0.179. The first-order chi connectivity index (χ1) is 9.82. The van der Waals surface area contributed by atoms with E-state index in [1.54, 1.807) is 11.7 Å². The van der Waals surface area contributed by atoms with Gasteiger partial charge in [0.25, 0.3) is 5.91 Å². The number of ether oxygens (including phenoxy) is 1. The van der Waals surface area contributed by atoms with E-state index in [1.807, 2.05) is 33.8 Å². The van der Waals surface area contributed by atoms with E-state index in [2.05, 4.69) is 15.3 Å². The molecule has 2 aromatic heterocycles. The van der Waals surface area contributed by atoms with Crippen LogP contribution in [-0.4, -0.2) is 23.0 Å². The number of rotatable bonds is 3. The summed E-state index contributed by atoms with van der Waals surface area (Å²) in [5, 5.41) is 2.86. The van der Waals surface area contributed by atoms with Crippen LogP contribution in [0.3, 0.4) is 0 Å². The number of nitrogens with zero attached hydrogens (tertiary/aromatic N) is 2. The second-order valence-electron chi connectivity index (χ2n) is 5.80. The number of aromatic nitrogens is 2. The van der Waals surface area contributed by atoms with Crippen molar-refractivity contribution in [3.05, 3.63) is 33.9 Å². The Bertz CT molecular complexity index is 659. The molecule has 1 amide bonds. The van der Waals surface area contributed by atoms with Crippen LogP contribution in [0.5, 0.6) is 5.88 Å². The van der Waals surface area contributed by atoms with Crippen molar-refractivity contribution in [2.24, 2.45) is 0 Å². The predicted octanol–water partition coefficient (Wildman–Crippen LogP) is 3.40. The van der Waals surface area contributed by atoms with E-state index >= 15 is 0 Å². The lowest BCUT2D eigenvalue weighted by molar-refractivity contribution is 0.102. The van der Waals surface area contributed by atoms with Crippen molar-refractivity contribution in [2.45, 2.75) is 33.1 Å². The lowest BCUT2D eigenvalue weighted by atomic mass is 9.91. The molecule has 0 bridgehead atoms. The van der Waals surface area contributed by atoms with Gasteiger partial charge < -0.3 is 10.1 Å². The van der Waals surface area contributed by atoms with E-state index in [4.69, 9.17) is 4.74 Å². The number of hydrogen-bond acceptors (Lipinski definition) is 5. The second kappa shape index (κ2) is 5.81. The maximum atomic E-state index is 12.5. The first-order valence-corrected chi connectivity index (χ1v) is 7.47. The molecule has 2 aromatic rings. The van der Waals surface area contributed by atoms with Crippen molar-refractivity contribution in [3.8, 4) is 5.88 Å². The smallest absolute Gasteiger partial charge is 0.267 e. The number of anilines is 1. The molecule has 112 valence electrons. The Hall–Kier alpha value is -1.95. The van der Waals surface area contributed by atoms with Crippen LogP contribution in [0.2, 0.25) is 0 Å². The van der Waals surface area contributed by atoms with Crippen LogP contribution < -0.4 is 10.1 Å². The van der Waals surface area contributed by atoms with Crippen molar-refractivity contribution in [2.75, 3.05) is 12.4 Å². The number of thiazole rings is 1. The summed E-state index contributed by atoms with van der Waals surface area (Å²) >= 11 is 1.34. The van der Waals surface area contributed by atoms with Crippen LogP contribution in [0.1, 0.15) is 41.7 Å². The topological polar surface area (TPSA) is 64.1 Å². The molecule has 0 unspecified atom stereocenters. The summed E-state index contributed by atoms with van der Waals surface area (Å²) in [4.78, 5) is 21.6.